The first-order chi connectivity index (χ1) is 4.38. The van der Waals surface area contributed by atoms with E-state index < -0.39 is 0 Å². The van der Waals surface area contributed by atoms with Crippen LogP contribution >= 0.6 is 11.8 Å². The molecule has 0 aromatic carbocycles. The molecule has 0 amide bonds. The van der Waals surface area contributed by atoms with Gasteiger partial charge in [0.05, 0.1) is 11.3 Å². The van der Waals surface area contributed by atoms with Crippen LogP contribution in [-0.4, -0.2) is 11.5 Å². The van der Waals surface area contributed by atoms with Crippen LogP contribution in [0.2, 0.25) is 0 Å². The molecule has 0 aromatic heterocycles. The summed E-state index contributed by atoms with van der Waals surface area (Å²) >= 11 is 1.69. The van der Waals surface area contributed by atoms with E-state index in [2.05, 4.69) is 6.07 Å². The Kier molecular flexibility index (Phi) is 2.41. The fraction of sp³-hybridized carbons (Fsp3) is 0.857. The number of hydrogen-bond donors (Lipinski definition) is 0. The van der Waals surface area contributed by atoms with Gasteiger partial charge in [-0.25, -0.2) is 0 Å². The summed E-state index contributed by atoms with van der Waals surface area (Å²) in [6.45, 7) is 0. The van der Waals surface area contributed by atoms with Crippen molar-refractivity contribution in [3.8, 4) is 6.07 Å². The first-order valence-electron chi connectivity index (χ1n) is 3.31. The summed E-state index contributed by atoms with van der Waals surface area (Å²) in [5, 5.41) is 8.87. The number of nitriles is 1. The second-order valence-electron chi connectivity index (χ2n) is 2.48. The first-order valence-corrected chi connectivity index (χ1v) is 4.59. The molecule has 1 aliphatic carbocycles. The molecule has 50 valence electrons. The number of nitrogens with zero attached hydrogens (tertiary/aromatic N) is 1. The van der Waals surface area contributed by atoms with Crippen LogP contribution < -0.4 is 0 Å². The summed E-state index contributed by atoms with van der Waals surface area (Å²) in [5.41, 5.74) is 0. The molecule has 1 atom stereocenters. The Morgan fingerprint density at radius 3 is 2.44 bits per heavy atom. The van der Waals surface area contributed by atoms with Gasteiger partial charge in [-0.15, -0.1) is 11.8 Å². The SMILES string of the molecule is CSC(C#N)C1CCC1. The van der Waals surface area contributed by atoms with Gasteiger partial charge in [0.25, 0.3) is 0 Å². The Morgan fingerprint density at radius 1 is 1.67 bits per heavy atom. The quantitative estimate of drug-likeness (QED) is 0.587. The van der Waals surface area contributed by atoms with E-state index in [4.69, 9.17) is 5.26 Å². The lowest BCUT2D eigenvalue weighted by Crippen LogP contribution is -2.22. The summed E-state index contributed by atoms with van der Waals surface area (Å²) in [5.74, 6) is 0.713. The molecule has 0 saturated heterocycles. The molecule has 0 aromatic rings. The van der Waals surface area contributed by atoms with E-state index in [0.29, 0.717) is 5.92 Å². The minimum absolute atomic E-state index is 0.277. The lowest BCUT2D eigenvalue weighted by atomic mass is 9.83. The van der Waals surface area contributed by atoms with Crippen molar-refractivity contribution < 1.29 is 0 Å². The zero-order chi connectivity index (χ0) is 6.69. The Balaban J connectivity index is 2.30. The van der Waals surface area contributed by atoms with Gasteiger partial charge < -0.3 is 0 Å². The van der Waals surface area contributed by atoms with Gasteiger partial charge in [-0.1, -0.05) is 6.42 Å². The highest BCUT2D eigenvalue weighted by Crippen LogP contribution is 2.34. The van der Waals surface area contributed by atoms with E-state index in [9.17, 15) is 0 Å². The molecule has 1 fully saturated rings. The molecule has 2 heteroatoms. The highest BCUT2D eigenvalue weighted by atomic mass is 32.2. The van der Waals surface area contributed by atoms with Crippen LogP contribution in [0.4, 0.5) is 0 Å². The zero-order valence-corrected chi connectivity index (χ0v) is 6.45. The van der Waals surface area contributed by atoms with Gasteiger partial charge in [-0.2, -0.15) is 5.26 Å². The maximum absolute atomic E-state index is 8.59. The second kappa shape index (κ2) is 3.12. The zero-order valence-electron chi connectivity index (χ0n) is 5.63. The van der Waals surface area contributed by atoms with Crippen molar-refractivity contribution in [2.75, 3.05) is 6.26 Å². The van der Waals surface area contributed by atoms with Gasteiger partial charge in [-0.3, -0.25) is 0 Å². The number of hydrogen-bond acceptors (Lipinski definition) is 2. The molecule has 1 saturated carbocycles. The summed E-state index contributed by atoms with van der Waals surface area (Å²) in [4.78, 5) is 0. The average Bonchev–Trinajstić information content (AvgIpc) is 1.78. The average molecular weight is 141 g/mol. The molecular weight excluding hydrogens is 130 g/mol. The minimum atomic E-state index is 0.277. The maximum atomic E-state index is 8.59. The summed E-state index contributed by atoms with van der Waals surface area (Å²) < 4.78 is 0. The van der Waals surface area contributed by atoms with Crippen LogP contribution in [0.1, 0.15) is 19.3 Å². The smallest absolute Gasteiger partial charge is 0.0941 e. The van der Waals surface area contributed by atoms with Crippen LogP contribution in [0.15, 0.2) is 0 Å². The van der Waals surface area contributed by atoms with Crippen LogP contribution in [0.3, 0.4) is 0 Å². The van der Waals surface area contributed by atoms with Crippen molar-refractivity contribution in [3.05, 3.63) is 0 Å². The van der Waals surface area contributed by atoms with Crippen molar-refractivity contribution in [1.82, 2.24) is 0 Å². The third-order valence-electron chi connectivity index (χ3n) is 1.96. The molecule has 9 heavy (non-hydrogen) atoms. The highest BCUT2D eigenvalue weighted by molar-refractivity contribution is 7.99. The molecule has 0 radical (unpaired) electrons. The minimum Gasteiger partial charge on any atom is -0.197 e. The van der Waals surface area contributed by atoms with Gasteiger partial charge in [0.2, 0.25) is 0 Å². The van der Waals surface area contributed by atoms with Crippen molar-refractivity contribution in [1.29, 1.82) is 5.26 Å². The summed E-state index contributed by atoms with van der Waals surface area (Å²) in [7, 11) is 0. The Morgan fingerprint density at radius 2 is 2.33 bits per heavy atom. The Bertz CT molecular complexity index is 123. The molecule has 0 aliphatic heterocycles. The summed E-state index contributed by atoms with van der Waals surface area (Å²) in [6, 6.07) is 2.32. The van der Waals surface area contributed by atoms with Gasteiger partial charge in [0.15, 0.2) is 0 Å². The van der Waals surface area contributed by atoms with E-state index in [1.807, 2.05) is 6.26 Å². The Labute approximate surface area is 60.4 Å². The molecule has 1 rings (SSSR count). The third kappa shape index (κ3) is 1.40. The molecule has 0 N–H and O–H groups in total. The van der Waals surface area contributed by atoms with Crippen LogP contribution in [0.25, 0.3) is 0 Å². The van der Waals surface area contributed by atoms with Gasteiger partial charge in [0, 0.05) is 0 Å². The molecule has 1 unspecified atom stereocenters. The lowest BCUT2D eigenvalue weighted by Gasteiger charge is -2.28. The normalized spacial score (nSPS) is 22.2. The number of rotatable bonds is 2. The fourth-order valence-electron chi connectivity index (χ4n) is 1.09. The fourth-order valence-corrected chi connectivity index (χ4v) is 1.86. The number of thioether (sulfide) groups is 1. The van der Waals surface area contributed by atoms with Crippen molar-refractivity contribution in [3.63, 3.8) is 0 Å². The third-order valence-corrected chi connectivity index (χ3v) is 2.96. The predicted molar refractivity (Wildman–Crippen MR) is 40.3 cm³/mol. The lowest BCUT2D eigenvalue weighted by molar-refractivity contribution is 0.329. The van der Waals surface area contributed by atoms with Gasteiger partial charge in [-0.05, 0) is 25.0 Å². The molecular formula is C7H11NS. The highest BCUT2D eigenvalue weighted by Gasteiger charge is 2.25. The Hall–Kier alpha value is -0.160. The molecule has 0 bridgehead atoms. The molecule has 1 nitrogen and oxygen atoms in total. The van der Waals surface area contributed by atoms with E-state index in [-0.39, 0.29) is 5.25 Å². The standard InChI is InChI=1S/C7H11NS/c1-9-7(5-8)6-3-2-4-6/h6-7H,2-4H2,1H3. The van der Waals surface area contributed by atoms with E-state index in [1.54, 1.807) is 11.8 Å². The molecule has 0 spiro atoms. The predicted octanol–water partition coefficient (Wildman–Crippen LogP) is 2.04. The van der Waals surface area contributed by atoms with Crippen LogP contribution in [-0.2, 0) is 0 Å². The monoisotopic (exact) mass is 141 g/mol. The van der Waals surface area contributed by atoms with Gasteiger partial charge in [0.1, 0.15) is 0 Å². The van der Waals surface area contributed by atoms with Crippen molar-refractivity contribution in [2.24, 2.45) is 5.92 Å². The topological polar surface area (TPSA) is 23.8 Å². The van der Waals surface area contributed by atoms with E-state index in [0.717, 1.165) is 0 Å². The van der Waals surface area contributed by atoms with E-state index >= 15 is 0 Å². The second-order valence-corrected chi connectivity index (χ2v) is 3.46. The first kappa shape index (κ1) is 6.95. The molecule has 1 aliphatic rings. The van der Waals surface area contributed by atoms with Crippen LogP contribution in [0, 0.1) is 17.2 Å². The summed E-state index contributed by atoms with van der Waals surface area (Å²) in [6.07, 6.45) is 5.91. The van der Waals surface area contributed by atoms with Crippen molar-refractivity contribution >= 4 is 11.8 Å². The van der Waals surface area contributed by atoms with Crippen molar-refractivity contribution in [2.45, 2.75) is 24.5 Å². The van der Waals surface area contributed by atoms with Gasteiger partial charge >= 0.3 is 0 Å². The van der Waals surface area contributed by atoms with Crippen LogP contribution in [0.5, 0.6) is 0 Å². The van der Waals surface area contributed by atoms with E-state index in [1.165, 1.54) is 19.3 Å². The largest absolute Gasteiger partial charge is 0.197 e. The molecule has 0 heterocycles. The maximum Gasteiger partial charge on any atom is 0.0941 e.